The third kappa shape index (κ3) is 6.23. The van der Waals surface area contributed by atoms with Gasteiger partial charge in [-0.3, -0.25) is 0 Å². The molecule has 1 rings (SSSR count). The van der Waals surface area contributed by atoms with Crippen LogP contribution in [0.3, 0.4) is 0 Å². The third-order valence-corrected chi connectivity index (χ3v) is 2.17. The fourth-order valence-corrected chi connectivity index (χ4v) is 1.32. The van der Waals surface area contributed by atoms with Gasteiger partial charge in [0, 0.05) is 13.2 Å². The Morgan fingerprint density at radius 1 is 1.25 bits per heavy atom. The molecule has 0 spiro atoms. The minimum absolute atomic E-state index is 0.551. The topological polar surface area (TPSA) is 21.3 Å². The Balaban J connectivity index is 1.94. The Bertz CT molecular complexity index is 324. The first-order valence-electron chi connectivity index (χ1n) is 5.65. The van der Waals surface area contributed by atoms with Crippen molar-refractivity contribution in [3.05, 3.63) is 35.9 Å². The van der Waals surface area contributed by atoms with Gasteiger partial charge in [0.2, 0.25) is 0 Å². The molecule has 0 saturated carbocycles. The molecule has 2 heteroatoms. The van der Waals surface area contributed by atoms with Gasteiger partial charge in [-0.2, -0.15) is 0 Å². The van der Waals surface area contributed by atoms with Gasteiger partial charge in [-0.25, -0.2) is 0 Å². The maximum absolute atomic E-state index is 5.31. The Morgan fingerprint density at radius 3 is 2.81 bits per heavy atom. The zero-order valence-corrected chi connectivity index (χ0v) is 9.83. The molecule has 0 fully saturated rings. The van der Waals surface area contributed by atoms with Gasteiger partial charge >= 0.3 is 0 Å². The van der Waals surface area contributed by atoms with E-state index in [2.05, 4.69) is 41.4 Å². The molecule has 0 unspecified atom stereocenters. The van der Waals surface area contributed by atoms with E-state index in [0.29, 0.717) is 6.61 Å². The van der Waals surface area contributed by atoms with E-state index < -0.39 is 0 Å². The summed E-state index contributed by atoms with van der Waals surface area (Å²) in [6.07, 6.45) is 1.03. The molecule has 0 saturated heterocycles. The second-order valence-corrected chi connectivity index (χ2v) is 3.50. The largest absolute Gasteiger partial charge is 0.369 e. The molecular formula is C14H19NO. The molecule has 2 nitrogen and oxygen atoms in total. The fourth-order valence-electron chi connectivity index (χ4n) is 1.32. The minimum Gasteiger partial charge on any atom is -0.369 e. The van der Waals surface area contributed by atoms with Crippen molar-refractivity contribution in [2.24, 2.45) is 0 Å². The number of nitrogens with one attached hydrogen (secondary N) is 1. The number of rotatable bonds is 7. The van der Waals surface area contributed by atoms with E-state index >= 15 is 0 Å². The molecule has 0 amide bonds. The lowest BCUT2D eigenvalue weighted by atomic mass is 10.2. The number of hydrogen-bond acceptors (Lipinski definition) is 2. The van der Waals surface area contributed by atoms with E-state index in [4.69, 9.17) is 4.74 Å². The van der Waals surface area contributed by atoms with Crippen LogP contribution in [0.15, 0.2) is 30.3 Å². The summed E-state index contributed by atoms with van der Waals surface area (Å²) in [4.78, 5) is 0. The lowest BCUT2D eigenvalue weighted by molar-refractivity contribution is 0.163. The number of hydrogen-bond donors (Lipinski definition) is 1. The molecule has 0 aliphatic rings. The second kappa shape index (κ2) is 8.96. The lowest BCUT2D eigenvalue weighted by Gasteiger charge is -2.04. The van der Waals surface area contributed by atoms with Crippen LogP contribution in [0.2, 0.25) is 0 Å². The predicted molar refractivity (Wildman–Crippen MR) is 67.0 cm³/mol. The first-order valence-corrected chi connectivity index (χ1v) is 5.65. The number of ether oxygens (including phenoxy) is 1. The van der Waals surface area contributed by atoms with E-state index in [1.807, 2.05) is 13.0 Å². The van der Waals surface area contributed by atoms with E-state index in [1.54, 1.807) is 0 Å². The zero-order valence-electron chi connectivity index (χ0n) is 9.83. The highest BCUT2D eigenvalue weighted by atomic mass is 16.5. The van der Waals surface area contributed by atoms with Crippen molar-refractivity contribution >= 4 is 0 Å². The van der Waals surface area contributed by atoms with Crippen molar-refractivity contribution in [1.82, 2.24) is 5.32 Å². The highest BCUT2D eigenvalue weighted by Gasteiger charge is 1.90. The molecule has 1 N–H and O–H groups in total. The van der Waals surface area contributed by atoms with E-state index in [9.17, 15) is 0 Å². The zero-order chi connectivity index (χ0) is 11.5. The SMILES string of the molecule is CC#CCOCCCNCc1ccccc1. The van der Waals surface area contributed by atoms with Crippen LogP contribution in [0, 0.1) is 11.8 Å². The van der Waals surface area contributed by atoms with Gasteiger partial charge in [-0.15, -0.1) is 5.92 Å². The summed E-state index contributed by atoms with van der Waals surface area (Å²) in [5.74, 6) is 5.67. The van der Waals surface area contributed by atoms with Crippen LogP contribution in [0.25, 0.3) is 0 Å². The van der Waals surface area contributed by atoms with Gasteiger partial charge in [-0.1, -0.05) is 36.3 Å². The molecule has 0 aliphatic carbocycles. The minimum atomic E-state index is 0.551. The van der Waals surface area contributed by atoms with Crippen molar-refractivity contribution in [2.75, 3.05) is 19.8 Å². The van der Waals surface area contributed by atoms with Crippen LogP contribution in [-0.4, -0.2) is 19.8 Å². The summed E-state index contributed by atoms with van der Waals surface area (Å²) < 4.78 is 5.31. The predicted octanol–water partition coefficient (Wildman–Crippen LogP) is 2.21. The van der Waals surface area contributed by atoms with E-state index in [-0.39, 0.29) is 0 Å². The molecule has 1 aromatic rings. The van der Waals surface area contributed by atoms with Gasteiger partial charge in [-0.05, 0) is 25.5 Å². The van der Waals surface area contributed by atoms with Crippen LogP contribution in [-0.2, 0) is 11.3 Å². The van der Waals surface area contributed by atoms with E-state index in [1.165, 1.54) is 5.56 Å². The van der Waals surface area contributed by atoms with Crippen molar-refractivity contribution in [3.8, 4) is 11.8 Å². The van der Waals surface area contributed by atoms with Crippen molar-refractivity contribution < 1.29 is 4.74 Å². The Labute approximate surface area is 98.0 Å². The van der Waals surface area contributed by atoms with Gasteiger partial charge in [0.25, 0.3) is 0 Å². The Hall–Kier alpha value is -1.30. The summed E-state index contributed by atoms with van der Waals surface area (Å²) in [6.45, 7) is 5.06. The number of benzene rings is 1. The molecule has 0 bridgehead atoms. The van der Waals surface area contributed by atoms with Crippen molar-refractivity contribution in [1.29, 1.82) is 0 Å². The van der Waals surface area contributed by atoms with Gasteiger partial charge in [0.1, 0.15) is 6.61 Å². The first-order chi connectivity index (χ1) is 7.93. The average molecular weight is 217 g/mol. The Morgan fingerprint density at radius 2 is 2.06 bits per heavy atom. The summed E-state index contributed by atoms with van der Waals surface area (Å²) >= 11 is 0. The molecule has 86 valence electrons. The summed E-state index contributed by atoms with van der Waals surface area (Å²) in [5.41, 5.74) is 1.32. The highest BCUT2D eigenvalue weighted by Crippen LogP contribution is 1.96. The maximum atomic E-state index is 5.31. The molecule has 0 aliphatic heterocycles. The van der Waals surface area contributed by atoms with Crippen LogP contribution < -0.4 is 5.32 Å². The summed E-state index contributed by atoms with van der Waals surface area (Å²) in [5, 5.41) is 3.38. The van der Waals surface area contributed by atoms with Crippen LogP contribution >= 0.6 is 0 Å². The maximum Gasteiger partial charge on any atom is 0.107 e. The van der Waals surface area contributed by atoms with Crippen LogP contribution in [0.5, 0.6) is 0 Å². The van der Waals surface area contributed by atoms with Gasteiger partial charge in [0.15, 0.2) is 0 Å². The van der Waals surface area contributed by atoms with Gasteiger partial charge < -0.3 is 10.1 Å². The quantitative estimate of drug-likeness (QED) is 0.558. The fraction of sp³-hybridized carbons (Fsp3) is 0.429. The van der Waals surface area contributed by atoms with Crippen LogP contribution in [0.1, 0.15) is 18.9 Å². The molecule has 0 atom stereocenters. The molecule has 0 radical (unpaired) electrons. The third-order valence-electron chi connectivity index (χ3n) is 2.17. The molecular weight excluding hydrogens is 198 g/mol. The van der Waals surface area contributed by atoms with Crippen LogP contribution in [0.4, 0.5) is 0 Å². The van der Waals surface area contributed by atoms with Gasteiger partial charge in [0.05, 0.1) is 0 Å². The molecule has 0 heterocycles. The smallest absolute Gasteiger partial charge is 0.107 e. The highest BCUT2D eigenvalue weighted by molar-refractivity contribution is 5.14. The second-order valence-electron chi connectivity index (χ2n) is 3.50. The summed E-state index contributed by atoms with van der Waals surface area (Å²) in [7, 11) is 0. The molecule has 16 heavy (non-hydrogen) atoms. The molecule has 0 aromatic heterocycles. The molecule has 1 aromatic carbocycles. The van der Waals surface area contributed by atoms with E-state index in [0.717, 1.165) is 26.1 Å². The first kappa shape index (κ1) is 12.8. The van der Waals surface area contributed by atoms with Crippen molar-refractivity contribution in [2.45, 2.75) is 19.9 Å². The monoisotopic (exact) mass is 217 g/mol. The average Bonchev–Trinajstić information content (AvgIpc) is 2.34. The standard InChI is InChI=1S/C14H19NO/c1-2-3-11-16-12-7-10-15-13-14-8-5-4-6-9-14/h4-6,8-9,15H,7,10-13H2,1H3. The normalized spacial score (nSPS) is 9.56. The Kier molecular flexibility index (Phi) is 7.15. The van der Waals surface area contributed by atoms with Crippen molar-refractivity contribution in [3.63, 3.8) is 0 Å². The summed E-state index contributed by atoms with van der Waals surface area (Å²) in [6, 6.07) is 10.4. The lowest BCUT2D eigenvalue weighted by Crippen LogP contribution is -2.16.